The molecule has 39 heavy (non-hydrogen) atoms. The molecule has 2 aromatic rings. The summed E-state index contributed by atoms with van der Waals surface area (Å²) in [6.45, 7) is 14.0. The molecule has 0 atom stereocenters. The van der Waals surface area contributed by atoms with Crippen LogP contribution in [-0.2, 0) is 0 Å². The fourth-order valence-electron chi connectivity index (χ4n) is 4.52. The van der Waals surface area contributed by atoms with Crippen LogP contribution in [0.3, 0.4) is 0 Å². The van der Waals surface area contributed by atoms with Gasteiger partial charge in [-0.1, -0.05) is 0 Å². The number of benzene rings is 2. The van der Waals surface area contributed by atoms with Crippen LogP contribution in [0.4, 0.5) is 0 Å². The van der Waals surface area contributed by atoms with Gasteiger partial charge in [-0.3, -0.25) is 0 Å². The molecule has 4 radical (unpaired) electrons. The summed E-state index contributed by atoms with van der Waals surface area (Å²) in [6.07, 6.45) is 17.6. The molecule has 0 unspecified atom stereocenters. The van der Waals surface area contributed by atoms with Crippen LogP contribution in [-0.4, -0.2) is 44.1 Å². The fourth-order valence-corrected chi connectivity index (χ4v) is 20.6. The van der Waals surface area contributed by atoms with E-state index in [-0.39, 0.29) is 15.4 Å². The monoisotopic (exact) mass is 718 g/mol. The Morgan fingerprint density at radius 2 is 0.615 bits per heavy atom. The second kappa shape index (κ2) is 31.0. The first kappa shape index (κ1) is 39.1. The van der Waals surface area contributed by atoms with E-state index in [1.54, 1.807) is 31.5 Å². The molecule has 0 nitrogen and oxygen atoms in total. The zero-order chi connectivity index (χ0) is 28.8. The van der Waals surface area contributed by atoms with Crippen molar-refractivity contribution in [2.75, 3.05) is 0 Å². The minimum absolute atomic E-state index is 0.108. The maximum absolute atomic E-state index is 2.33. The van der Waals surface area contributed by atoms with Gasteiger partial charge in [0, 0.05) is 0 Å². The summed E-state index contributed by atoms with van der Waals surface area (Å²) in [5, 5.41) is 9.90. The molecule has 0 N–H and O–H groups in total. The predicted molar refractivity (Wildman–Crippen MR) is 188 cm³/mol. The first-order valence-electron chi connectivity index (χ1n) is 16.7. The van der Waals surface area contributed by atoms with Gasteiger partial charge in [0.15, 0.2) is 0 Å². The van der Waals surface area contributed by atoms with Crippen LogP contribution in [0.15, 0.2) is 60.7 Å². The van der Waals surface area contributed by atoms with Gasteiger partial charge in [-0.05, 0) is 0 Å². The number of unbranched alkanes of at least 4 members (excludes halogenated alkanes) is 6. The Bertz CT molecular complexity index is 604. The van der Waals surface area contributed by atoms with Gasteiger partial charge in [0.05, 0.1) is 0 Å². The molecule has 0 spiro atoms. The minimum atomic E-state index is -0.552. The van der Waals surface area contributed by atoms with Gasteiger partial charge in [0.2, 0.25) is 0 Å². The number of rotatable bonds is 20. The van der Waals surface area contributed by atoms with Crippen molar-refractivity contribution in [2.24, 2.45) is 0 Å². The van der Waals surface area contributed by atoms with Crippen LogP contribution in [0, 0.1) is 0 Å². The van der Waals surface area contributed by atoms with Gasteiger partial charge in [-0.2, -0.15) is 0 Å². The molecule has 0 saturated heterocycles. The molecule has 0 fully saturated rings. The van der Waals surface area contributed by atoms with Crippen LogP contribution < -0.4 is 8.79 Å². The molecular weight excluding hydrogens is 650 g/mol. The van der Waals surface area contributed by atoms with E-state index in [1.165, 1.54) is 85.8 Å². The second-order valence-electron chi connectivity index (χ2n) is 11.0. The van der Waals surface area contributed by atoms with E-state index < -0.39 is 28.7 Å². The van der Waals surface area contributed by atoms with E-state index in [2.05, 4.69) is 102 Å². The van der Waals surface area contributed by atoms with Gasteiger partial charge in [-0.15, -0.1) is 0 Å². The summed E-state index contributed by atoms with van der Waals surface area (Å²) in [6, 6.07) is 21.5. The Kier molecular flexibility index (Phi) is 31.1. The van der Waals surface area contributed by atoms with Gasteiger partial charge < -0.3 is 0 Å². The Morgan fingerprint density at radius 1 is 0.385 bits per heavy atom. The Labute approximate surface area is 262 Å². The third-order valence-electron chi connectivity index (χ3n) is 7.14. The average molecular weight is 715 g/mol. The Hall–Kier alpha value is 0.0686. The molecule has 2 aromatic carbocycles. The molecule has 0 aliphatic heterocycles. The van der Waals surface area contributed by atoms with Crippen LogP contribution in [0.5, 0.6) is 0 Å². The molecule has 0 saturated carbocycles. The molecule has 0 aliphatic rings. The molecule has 2 rings (SSSR count). The van der Waals surface area contributed by atoms with Crippen LogP contribution in [0.1, 0.15) is 119 Å². The predicted octanol–water partition coefficient (Wildman–Crippen LogP) is 11.1. The first-order valence-corrected chi connectivity index (χ1v) is 27.7. The van der Waals surface area contributed by atoms with Crippen molar-refractivity contribution < 1.29 is 0 Å². The summed E-state index contributed by atoms with van der Waals surface area (Å²) in [7, 11) is 0. The van der Waals surface area contributed by atoms with E-state index in [9.17, 15) is 0 Å². The van der Waals surface area contributed by atoms with Crippen molar-refractivity contribution in [2.45, 2.75) is 150 Å². The van der Waals surface area contributed by atoms with Crippen molar-refractivity contribution in [3.63, 3.8) is 0 Å². The van der Waals surface area contributed by atoms with E-state index in [1.807, 2.05) is 0 Å². The summed E-state index contributed by atoms with van der Waals surface area (Å²) < 4.78 is 2.99. The fraction of sp³-hybridized carbons (Fsp3) is 0.667. The third-order valence-corrected chi connectivity index (χ3v) is 23.1. The summed E-state index contributed by atoms with van der Waals surface area (Å²) >= 11 is -1.21. The normalized spacial score (nSPS) is 10.7. The molecule has 3 heteroatoms. The molecule has 0 aliphatic carbocycles. The van der Waals surface area contributed by atoms with Crippen LogP contribution in [0.25, 0.3) is 0 Å². The summed E-state index contributed by atoms with van der Waals surface area (Å²) in [5.74, 6) is 0. The second-order valence-corrected chi connectivity index (χ2v) is 26.5. The third kappa shape index (κ3) is 25.5. The van der Waals surface area contributed by atoms with Gasteiger partial charge in [0.25, 0.3) is 0 Å². The van der Waals surface area contributed by atoms with Crippen molar-refractivity contribution in [3.05, 3.63) is 60.7 Å². The van der Waals surface area contributed by atoms with Gasteiger partial charge in [-0.25, -0.2) is 0 Å². The van der Waals surface area contributed by atoms with E-state index in [0.717, 1.165) is 0 Å². The first-order chi connectivity index (χ1) is 19.1. The van der Waals surface area contributed by atoms with Crippen molar-refractivity contribution in [1.82, 2.24) is 0 Å². The Morgan fingerprint density at radius 3 is 0.821 bits per heavy atom. The SMILES string of the molecule is CCC[CH2][Ge]([CH2]CCC)[CH2]CCC.CCC[CH2][Ge]([CH2]CCC)[CH2]CCC.c1cc[c]([Ge][c]2ccccc2)cc1. The van der Waals surface area contributed by atoms with Crippen LogP contribution in [0.2, 0.25) is 31.5 Å². The molecule has 0 heterocycles. The molecule has 0 bridgehead atoms. The standard InChI is InChI=1S/C12H10Ge.2C12H27Ge/c1-3-7-11(8-4-1)13-12-9-5-2-6-10-12;2*1-4-7-10-13(11-8-5-2)12-9-6-3/h1-10H;2*4-12H2,1-3H3. The topological polar surface area (TPSA) is 0 Å². The van der Waals surface area contributed by atoms with Gasteiger partial charge >= 0.3 is 264 Å². The van der Waals surface area contributed by atoms with Crippen molar-refractivity contribution >= 4 is 52.9 Å². The molecule has 220 valence electrons. The average Bonchev–Trinajstić information content (AvgIpc) is 2.98. The molecular formula is C36H64Ge3. The van der Waals surface area contributed by atoms with Crippen molar-refractivity contribution in [1.29, 1.82) is 0 Å². The van der Waals surface area contributed by atoms with Crippen LogP contribution >= 0.6 is 0 Å². The number of hydrogen-bond donors (Lipinski definition) is 0. The zero-order valence-corrected chi connectivity index (χ0v) is 33.3. The Balaban J connectivity index is 0.000000555. The molecule has 0 amide bonds. The maximum atomic E-state index is 2.33. The summed E-state index contributed by atoms with van der Waals surface area (Å²) in [4.78, 5) is 0. The molecule has 0 aromatic heterocycles. The van der Waals surface area contributed by atoms with E-state index in [0.29, 0.717) is 0 Å². The van der Waals surface area contributed by atoms with Crippen molar-refractivity contribution in [3.8, 4) is 0 Å². The summed E-state index contributed by atoms with van der Waals surface area (Å²) in [5.41, 5.74) is 0. The van der Waals surface area contributed by atoms with E-state index >= 15 is 0 Å². The van der Waals surface area contributed by atoms with Gasteiger partial charge in [0.1, 0.15) is 0 Å². The zero-order valence-electron chi connectivity index (χ0n) is 27.0. The van der Waals surface area contributed by atoms with E-state index in [4.69, 9.17) is 0 Å². The quantitative estimate of drug-likeness (QED) is 0.120. The number of hydrogen-bond acceptors (Lipinski definition) is 0.